The predicted octanol–water partition coefficient (Wildman–Crippen LogP) is 3.60. The number of guanidine groups is 1. The largest absolute Gasteiger partial charge is 0.369 e. The minimum absolute atomic E-state index is 0. The minimum Gasteiger partial charge on any atom is -0.369 e. The van der Waals surface area contributed by atoms with Gasteiger partial charge in [-0.15, -0.1) is 35.3 Å². The van der Waals surface area contributed by atoms with Crippen molar-refractivity contribution in [3.63, 3.8) is 0 Å². The molecule has 1 aromatic heterocycles. The van der Waals surface area contributed by atoms with Crippen LogP contribution >= 0.6 is 35.3 Å². The van der Waals surface area contributed by atoms with E-state index >= 15 is 0 Å². The summed E-state index contributed by atoms with van der Waals surface area (Å²) in [5.74, 6) is 0.930. The summed E-state index contributed by atoms with van der Waals surface area (Å²) in [5.41, 5.74) is 3.79. The first-order valence-corrected chi connectivity index (χ1v) is 11.3. The Kier molecular flexibility index (Phi) is 10.3. The first-order valence-electron chi connectivity index (χ1n) is 10.4. The van der Waals surface area contributed by atoms with Gasteiger partial charge in [0.25, 0.3) is 0 Å². The van der Waals surface area contributed by atoms with Crippen molar-refractivity contribution in [3.05, 3.63) is 45.9 Å². The number of thiazole rings is 1. The van der Waals surface area contributed by atoms with Crippen LogP contribution < -0.4 is 10.2 Å². The lowest BCUT2D eigenvalue weighted by atomic mass is 10.2. The minimum atomic E-state index is 0. The van der Waals surface area contributed by atoms with Crippen molar-refractivity contribution in [1.29, 1.82) is 0 Å². The monoisotopic (exact) mass is 542 g/mol. The topological polar surface area (TPSA) is 47.0 Å². The third kappa shape index (κ3) is 7.39. The number of rotatable bonds is 7. The van der Waals surface area contributed by atoms with Crippen LogP contribution in [0.15, 0.2) is 34.6 Å². The van der Waals surface area contributed by atoms with Crippen LogP contribution in [-0.4, -0.2) is 74.1 Å². The van der Waals surface area contributed by atoms with Crippen LogP contribution in [0.5, 0.6) is 0 Å². The van der Waals surface area contributed by atoms with Crippen molar-refractivity contribution < 1.29 is 0 Å². The van der Waals surface area contributed by atoms with E-state index in [1.165, 1.54) is 11.3 Å². The number of aromatic nitrogens is 1. The Morgan fingerprint density at radius 3 is 2.63 bits per heavy atom. The van der Waals surface area contributed by atoms with E-state index in [-0.39, 0.29) is 24.0 Å². The van der Waals surface area contributed by atoms with E-state index in [9.17, 15) is 0 Å². The standard InChI is InChI=1S/C22H34N6S.HI/c1-18-7-5-8-21(15-18)28-13-11-27(12-14-28)10-6-9-24-22(23-3)26(4)16-20-17-29-19(2)25-20;/h5,7-8,15,17H,6,9-14,16H2,1-4H3,(H,23,24);1H. The van der Waals surface area contributed by atoms with Crippen LogP contribution in [-0.2, 0) is 6.54 Å². The summed E-state index contributed by atoms with van der Waals surface area (Å²) in [4.78, 5) is 16.2. The first kappa shape index (κ1) is 24.9. The summed E-state index contributed by atoms with van der Waals surface area (Å²) < 4.78 is 0. The highest BCUT2D eigenvalue weighted by Crippen LogP contribution is 2.17. The molecule has 0 aliphatic carbocycles. The number of hydrogen-bond donors (Lipinski definition) is 1. The Labute approximate surface area is 202 Å². The van der Waals surface area contributed by atoms with Gasteiger partial charge in [0.15, 0.2) is 5.96 Å². The summed E-state index contributed by atoms with van der Waals surface area (Å²) in [6, 6.07) is 8.83. The average molecular weight is 543 g/mol. The van der Waals surface area contributed by atoms with Crippen molar-refractivity contribution in [2.24, 2.45) is 4.99 Å². The molecule has 0 amide bonds. The molecule has 1 aliphatic heterocycles. The molecule has 1 aliphatic rings. The van der Waals surface area contributed by atoms with E-state index < -0.39 is 0 Å². The Morgan fingerprint density at radius 1 is 1.23 bits per heavy atom. The van der Waals surface area contributed by atoms with Crippen LogP contribution in [0.2, 0.25) is 0 Å². The van der Waals surface area contributed by atoms with Crippen LogP contribution in [0.4, 0.5) is 5.69 Å². The summed E-state index contributed by atoms with van der Waals surface area (Å²) in [6.07, 6.45) is 1.12. The van der Waals surface area contributed by atoms with Crippen molar-refractivity contribution >= 4 is 47.0 Å². The van der Waals surface area contributed by atoms with Gasteiger partial charge in [-0.05, 0) is 44.5 Å². The lowest BCUT2D eigenvalue weighted by molar-refractivity contribution is 0.255. The number of piperazine rings is 1. The lowest BCUT2D eigenvalue weighted by Gasteiger charge is -2.36. The highest BCUT2D eigenvalue weighted by Gasteiger charge is 2.17. The Balaban J connectivity index is 0.00000320. The third-order valence-corrected chi connectivity index (χ3v) is 6.13. The second-order valence-corrected chi connectivity index (χ2v) is 8.77. The summed E-state index contributed by atoms with van der Waals surface area (Å²) in [6.45, 7) is 11.5. The molecular formula is C22H35IN6S. The van der Waals surface area contributed by atoms with E-state index in [2.05, 4.69) is 73.6 Å². The van der Waals surface area contributed by atoms with Crippen LogP contribution in [0.3, 0.4) is 0 Å². The molecule has 0 spiro atoms. The zero-order valence-electron chi connectivity index (χ0n) is 18.6. The maximum Gasteiger partial charge on any atom is 0.193 e. The van der Waals surface area contributed by atoms with E-state index in [1.54, 1.807) is 11.3 Å². The molecule has 0 radical (unpaired) electrons. The van der Waals surface area contributed by atoms with Gasteiger partial charge in [0.2, 0.25) is 0 Å². The van der Waals surface area contributed by atoms with Crippen molar-refractivity contribution in [2.45, 2.75) is 26.8 Å². The molecule has 0 saturated carbocycles. The summed E-state index contributed by atoms with van der Waals surface area (Å²) >= 11 is 1.70. The second kappa shape index (κ2) is 12.5. The Hall–Kier alpha value is -1.39. The number of aliphatic imine (C=N–C) groups is 1. The quantitative estimate of drug-likeness (QED) is 0.251. The molecule has 166 valence electrons. The number of anilines is 1. The normalized spacial score (nSPS) is 15.1. The SMILES string of the molecule is CN=C(NCCCN1CCN(c2cccc(C)c2)CC1)N(C)Cc1csc(C)n1.I. The van der Waals surface area contributed by atoms with Gasteiger partial charge in [0, 0.05) is 57.9 Å². The van der Waals surface area contributed by atoms with Gasteiger partial charge in [-0.2, -0.15) is 0 Å². The fourth-order valence-electron chi connectivity index (χ4n) is 3.74. The smallest absolute Gasteiger partial charge is 0.193 e. The predicted molar refractivity (Wildman–Crippen MR) is 140 cm³/mol. The number of aryl methyl sites for hydroxylation is 2. The fourth-order valence-corrected chi connectivity index (χ4v) is 4.34. The molecule has 30 heavy (non-hydrogen) atoms. The maximum absolute atomic E-state index is 4.54. The van der Waals surface area contributed by atoms with Gasteiger partial charge in [-0.3, -0.25) is 9.89 Å². The highest BCUT2D eigenvalue weighted by molar-refractivity contribution is 14.0. The molecule has 6 nitrogen and oxygen atoms in total. The van der Waals surface area contributed by atoms with Gasteiger partial charge < -0.3 is 15.1 Å². The molecule has 3 rings (SSSR count). The van der Waals surface area contributed by atoms with Gasteiger partial charge in [-0.25, -0.2) is 4.98 Å². The number of nitrogens with one attached hydrogen (secondary N) is 1. The average Bonchev–Trinajstić information content (AvgIpc) is 3.13. The molecule has 1 aromatic carbocycles. The third-order valence-electron chi connectivity index (χ3n) is 5.31. The summed E-state index contributed by atoms with van der Waals surface area (Å²) in [5, 5.41) is 6.72. The fraction of sp³-hybridized carbons (Fsp3) is 0.545. The van der Waals surface area contributed by atoms with Crippen molar-refractivity contribution in [1.82, 2.24) is 20.1 Å². The molecule has 1 fully saturated rings. The molecule has 0 atom stereocenters. The first-order chi connectivity index (χ1) is 14.0. The van der Waals surface area contributed by atoms with Crippen LogP contribution in [0.1, 0.15) is 22.7 Å². The Bertz CT molecular complexity index is 800. The van der Waals surface area contributed by atoms with Gasteiger partial charge >= 0.3 is 0 Å². The lowest BCUT2D eigenvalue weighted by Crippen LogP contribution is -2.47. The zero-order chi connectivity index (χ0) is 20.6. The molecule has 2 heterocycles. The van der Waals surface area contributed by atoms with E-state index in [1.807, 2.05) is 14.0 Å². The molecule has 1 N–H and O–H groups in total. The maximum atomic E-state index is 4.54. The van der Waals surface area contributed by atoms with Crippen molar-refractivity contribution in [2.75, 3.05) is 58.3 Å². The molecule has 0 bridgehead atoms. The second-order valence-electron chi connectivity index (χ2n) is 7.71. The number of benzene rings is 1. The molecule has 0 unspecified atom stereocenters. The molecule has 8 heteroatoms. The Morgan fingerprint density at radius 2 is 2.00 bits per heavy atom. The van der Waals surface area contributed by atoms with Crippen molar-refractivity contribution in [3.8, 4) is 0 Å². The van der Waals surface area contributed by atoms with Crippen LogP contribution in [0, 0.1) is 13.8 Å². The summed E-state index contributed by atoms with van der Waals surface area (Å²) in [7, 11) is 3.91. The van der Waals surface area contributed by atoms with Gasteiger partial charge in [0.05, 0.1) is 17.2 Å². The zero-order valence-corrected chi connectivity index (χ0v) is 21.7. The molecular weight excluding hydrogens is 507 g/mol. The molecule has 2 aromatic rings. The number of hydrogen-bond acceptors (Lipinski definition) is 5. The van der Waals surface area contributed by atoms with Gasteiger partial charge in [-0.1, -0.05) is 12.1 Å². The number of halogens is 1. The van der Waals surface area contributed by atoms with E-state index in [4.69, 9.17) is 0 Å². The van der Waals surface area contributed by atoms with Gasteiger partial charge in [0.1, 0.15) is 0 Å². The highest BCUT2D eigenvalue weighted by atomic mass is 127. The van der Waals surface area contributed by atoms with E-state index in [0.717, 1.165) is 68.9 Å². The van der Waals surface area contributed by atoms with Crippen LogP contribution in [0.25, 0.3) is 0 Å². The molecule has 1 saturated heterocycles. The number of nitrogens with zero attached hydrogens (tertiary/aromatic N) is 5. The van der Waals surface area contributed by atoms with E-state index in [0.29, 0.717) is 0 Å².